The molecule has 0 amide bonds. The SMILES string of the molecule is CC(C)CC(CC(C)C)CC(CN)CN. The summed E-state index contributed by atoms with van der Waals surface area (Å²) < 4.78 is 0. The van der Waals surface area contributed by atoms with Crippen LogP contribution in [0.4, 0.5) is 0 Å². The van der Waals surface area contributed by atoms with E-state index >= 15 is 0 Å². The van der Waals surface area contributed by atoms with Crippen molar-refractivity contribution in [1.29, 1.82) is 0 Å². The van der Waals surface area contributed by atoms with Gasteiger partial charge in [0, 0.05) is 0 Å². The Morgan fingerprint density at radius 3 is 1.33 bits per heavy atom. The molecular weight excluding hydrogens is 184 g/mol. The molecule has 0 bridgehead atoms. The minimum absolute atomic E-state index is 0.521. The summed E-state index contributed by atoms with van der Waals surface area (Å²) in [5.74, 6) is 2.89. The van der Waals surface area contributed by atoms with E-state index in [-0.39, 0.29) is 0 Å². The average Bonchev–Trinajstić information content (AvgIpc) is 2.11. The van der Waals surface area contributed by atoms with Gasteiger partial charge >= 0.3 is 0 Å². The quantitative estimate of drug-likeness (QED) is 0.652. The van der Waals surface area contributed by atoms with Crippen molar-refractivity contribution in [3.05, 3.63) is 0 Å². The number of rotatable bonds is 8. The standard InChI is InChI=1S/C13H30N2/c1-10(2)5-12(6-11(3)4)7-13(8-14)9-15/h10-13H,5-9,14-15H2,1-4H3. The van der Waals surface area contributed by atoms with Gasteiger partial charge in [-0.25, -0.2) is 0 Å². The van der Waals surface area contributed by atoms with E-state index in [1.807, 2.05) is 0 Å². The van der Waals surface area contributed by atoms with Gasteiger partial charge in [-0.15, -0.1) is 0 Å². The molecule has 0 aromatic carbocycles. The fourth-order valence-corrected chi connectivity index (χ4v) is 2.38. The second-order valence-electron chi connectivity index (χ2n) is 5.70. The van der Waals surface area contributed by atoms with Gasteiger partial charge in [0.25, 0.3) is 0 Å². The molecule has 0 aromatic heterocycles. The van der Waals surface area contributed by atoms with Crippen molar-refractivity contribution in [2.75, 3.05) is 13.1 Å². The number of hydrogen-bond donors (Lipinski definition) is 2. The average molecular weight is 214 g/mol. The van der Waals surface area contributed by atoms with Crippen molar-refractivity contribution < 1.29 is 0 Å². The zero-order chi connectivity index (χ0) is 11.8. The summed E-state index contributed by atoms with van der Waals surface area (Å²) in [6, 6.07) is 0. The largest absolute Gasteiger partial charge is 0.330 e. The molecule has 0 saturated heterocycles. The van der Waals surface area contributed by atoms with Crippen molar-refractivity contribution in [3.8, 4) is 0 Å². The predicted octanol–water partition coefficient (Wildman–Crippen LogP) is 2.62. The maximum absolute atomic E-state index is 5.71. The first-order chi connectivity index (χ1) is 6.99. The maximum Gasteiger partial charge on any atom is -0.00367 e. The smallest absolute Gasteiger partial charge is 0.00367 e. The second kappa shape index (κ2) is 8.12. The monoisotopic (exact) mass is 214 g/mol. The highest BCUT2D eigenvalue weighted by atomic mass is 14.6. The molecule has 0 aliphatic rings. The van der Waals surface area contributed by atoms with E-state index in [2.05, 4.69) is 27.7 Å². The highest BCUT2D eigenvalue weighted by molar-refractivity contribution is 4.70. The van der Waals surface area contributed by atoms with Gasteiger partial charge in [0.2, 0.25) is 0 Å². The molecule has 2 nitrogen and oxygen atoms in total. The van der Waals surface area contributed by atoms with Crippen LogP contribution in [0.1, 0.15) is 47.0 Å². The van der Waals surface area contributed by atoms with E-state index < -0.39 is 0 Å². The molecule has 92 valence electrons. The lowest BCUT2D eigenvalue weighted by Crippen LogP contribution is -2.26. The Morgan fingerprint density at radius 2 is 1.07 bits per heavy atom. The van der Waals surface area contributed by atoms with Gasteiger partial charge in [-0.3, -0.25) is 0 Å². The van der Waals surface area contributed by atoms with Crippen LogP contribution >= 0.6 is 0 Å². The Balaban J connectivity index is 4.09. The highest BCUT2D eigenvalue weighted by Gasteiger charge is 2.17. The van der Waals surface area contributed by atoms with E-state index in [0.29, 0.717) is 5.92 Å². The molecule has 0 fully saturated rings. The van der Waals surface area contributed by atoms with Crippen molar-refractivity contribution in [2.24, 2.45) is 35.1 Å². The normalized spacial score (nSPS) is 12.4. The zero-order valence-electron chi connectivity index (χ0n) is 11.0. The summed E-state index contributed by atoms with van der Waals surface area (Å²) in [6.07, 6.45) is 3.84. The van der Waals surface area contributed by atoms with Crippen LogP contribution in [-0.2, 0) is 0 Å². The van der Waals surface area contributed by atoms with Crippen molar-refractivity contribution >= 4 is 0 Å². The first-order valence-corrected chi connectivity index (χ1v) is 6.39. The third kappa shape index (κ3) is 7.80. The van der Waals surface area contributed by atoms with Gasteiger partial charge in [-0.05, 0) is 56.0 Å². The van der Waals surface area contributed by atoms with Crippen molar-refractivity contribution in [2.45, 2.75) is 47.0 Å². The Hall–Kier alpha value is -0.0800. The molecule has 0 spiro atoms. The van der Waals surface area contributed by atoms with Gasteiger partial charge in [0.1, 0.15) is 0 Å². The fourth-order valence-electron chi connectivity index (χ4n) is 2.38. The minimum Gasteiger partial charge on any atom is -0.330 e. The van der Waals surface area contributed by atoms with Crippen LogP contribution in [0, 0.1) is 23.7 Å². The first kappa shape index (κ1) is 14.9. The fraction of sp³-hybridized carbons (Fsp3) is 1.00. The Kier molecular flexibility index (Phi) is 8.07. The molecular formula is C13H30N2. The maximum atomic E-state index is 5.71. The summed E-state index contributed by atoms with van der Waals surface area (Å²) in [5.41, 5.74) is 11.4. The van der Waals surface area contributed by atoms with E-state index in [0.717, 1.165) is 30.8 Å². The van der Waals surface area contributed by atoms with Crippen LogP contribution in [-0.4, -0.2) is 13.1 Å². The summed E-state index contributed by atoms with van der Waals surface area (Å²) in [6.45, 7) is 10.7. The Labute approximate surface area is 95.8 Å². The summed E-state index contributed by atoms with van der Waals surface area (Å²) in [4.78, 5) is 0. The van der Waals surface area contributed by atoms with Crippen molar-refractivity contribution in [3.63, 3.8) is 0 Å². The Morgan fingerprint density at radius 1 is 0.667 bits per heavy atom. The first-order valence-electron chi connectivity index (χ1n) is 6.39. The van der Waals surface area contributed by atoms with Gasteiger partial charge in [0.05, 0.1) is 0 Å². The molecule has 0 atom stereocenters. The predicted molar refractivity (Wildman–Crippen MR) is 68.6 cm³/mol. The lowest BCUT2D eigenvalue weighted by molar-refractivity contribution is 0.283. The topological polar surface area (TPSA) is 52.0 Å². The van der Waals surface area contributed by atoms with Gasteiger partial charge in [-0.2, -0.15) is 0 Å². The molecule has 0 aliphatic heterocycles. The van der Waals surface area contributed by atoms with E-state index in [1.165, 1.54) is 19.3 Å². The lowest BCUT2D eigenvalue weighted by Gasteiger charge is -2.24. The van der Waals surface area contributed by atoms with E-state index in [1.54, 1.807) is 0 Å². The van der Waals surface area contributed by atoms with Gasteiger partial charge in [-0.1, -0.05) is 27.7 Å². The van der Waals surface area contributed by atoms with Crippen molar-refractivity contribution in [1.82, 2.24) is 0 Å². The van der Waals surface area contributed by atoms with E-state index in [9.17, 15) is 0 Å². The molecule has 0 unspecified atom stereocenters. The molecule has 2 heteroatoms. The molecule has 0 rings (SSSR count). The lowest BCUT2D eigenvalue weighted by atomic mass is 9.83. The molecule has 4 N–H and O–H groups in total. The van der Waals surface area contributed by atoms with E-state index in [4.69, 9.17) is 11.5 Å². The third-order valence-electron chi connectivity index (χ3n) is 2.94. The third-order valence-corrected chi connectivity index (χ3v) is 2.94. The number of hydrogen-bond acceptors (Lipinski definition) is 2. The summed E-state index contributed by atoms with van der Waals surface area (Å²) >= 11 is 0. The molecule has 0 saturated carbocycles. The zero-order valence-corrected chi connectivity index (χ0v) is 11.0. The second-order valence-corrected chi connectivity index (χ2v) is 5.70. The Bertz CT molecular complexity index is 129. The van der Waals surface area contributed by atoms with Crippen LogP contribution < -0.4 is 11.5 Å². The summed E-state index contributed by atoms with van der Waals surface area (Å²) in [5, 5.41) is 0. The summed E-state index contributed by atoms with van der Waals surface area (Å²) in [7, 11) is 0. The minimum atomic E-state index is 0.521. The highest BCUT2D eigenvalue weighted by Crippen LogP contribution is 2.26. The van der Waals surface area contributed by atoms with Crippen LogP contribution in [0.3, 0.4) is 0 Å². The molecule has 0 aromatic rings. The van der Waals surface area contributed by atoms with Crippen LogP contribution in [0.2, 0.25) is 0 Å². The number of nitrogens with two attached hydrogens (primary N) is 2. The molecule has 0 aliphatic carbocycles. The van der Waals surface area contributed by atoms with Gasteiger partial charge < -0.3 is 11.5 Å². The molecule has 0 heterocycles. The molecule has 15 heavy (non-hydrogen) atoms. The van der Waals surface area contributed by atoms with Crippen LogP contribution in [0.5, 0.6) is 0 Å². The van der Waals surface area contributed by atoms with Gasteiger partial charge in [0.15, 0.2) is 0 Å². The van der Waals surface area contributed by atoms with Crippen LogP contribution in [0.15, 0.2) is 0 Å². The van der Waals surface area contributed by atoms with Crippen LogP contribution in [0.25, 0.3) is 0 Å². The molecule has 0 radical (unpaired) electrons.